The fourth-order valence-electron chi connectivity index (χ4n) is 1.50. The molecule has 1 aromatic rings. The number of alkyl halides is 1. The lowest BCUT2D eigenvalue weighted by atomic mass is 10.2. The van der Waals surface area contributed by atoms with Crippen molar-refractivity contribution < 1.29 is 9.53 Å². The largest absolute Gasteiger partial charge is 0.383 e. The van der Waals surface area contributed by atoms with Crippen molar-refractivity contribution in [3.05, 3.63) is 29.6 Å². The average Bonchev–Trinajstić information content (AvgIpc) is 2.29. The molecule has 0 bridgehead atoms. The first kappa shape index (κ1) is 14.1. The van der Waals surface area contributed by atoms with E-state index in [-0.39, 0.29) is 10.7 Å². The number of methoxy groups -OCH3 is 1. The summed E-state index contributed by atoms with van der Waals surface area (Å²) in [5.41, 5.74) is 1.40. The highest BCUT2D eigenvalue weighted by molar-refractivity contribution is 9.09. The molecule has 1 amide bonds. The highest BCUT2D eigenvalue weighted by atomic mass is 79.9. The van der Waals surface area contributed by atoms with Crippen molar-refractivity contribution >= 4 is 21.8 Å². The second-order valence-electron chi connectivity index (χ2n) is 3.91. The molecule has 0 aromatic carbocycles. The van der Waals surface area contributed by atoms with Gasteiger partial charge in [-0.3, -0.25) is 9.78 Å². The van der Waals surface area contributed by atoms with Crippen LogP contribution in [-0.2, 0) is 4.74 Å². The quantitative estimate of drug-likeness (QED) is 0.780. The first-order chi connectivity index (χ1) is 8.06. The van der Waals surface area contributed by atoms with Crippen LogP contribution >= 0.6 is 15.9 Å². The molecule has 1 heterocycles. The minimum Gasteiger partial charge on any atom is -0.383 e. The van der Waals surface area contributed by atoms with Crippen LogP contribution in [0.2, 0.25) is 0 Å². The molecule has 17 heavy (non-hydrogen) atoms. The van der Waals surface area contributed by atoms with E-state index < -0.39 is 0 Å². The third-order valence-corrected chi connectivity index (χ3v) is 2.93. The van der Waals surface area contributed by atoms with Crippen LogP contribution in [0.4, 0.5) is 0 Å². The summed E-state index contributed by atoms with van der Waals surface area (Å²) in [6, 6.07) is 3.71. The first-order valence-electron chi connectivity index (χ1n) is 5.36. The number of aromatic nitrogens is 1. The highest BCUT2D eigenvalue weighted by Gasteiger charge is 2.17. The van der Waals surface area contributed by atoms with Crippen LogP contribution in [-0.4, -0.2) is 47.9 Å². The van der Waals surface area contributed by atoms with E-state index in [9.17, 15) is 4.79 Å². The monoisotopic (exact) mass is 300 g/mol. The van der Waals surface area contributed by atoms with Gasteiger partial charge in [0.2, 0.25) is 0 Å². The van der Waals surface area contributed by atoms with Crippen LogP contribution in [0, 0.1) is 6.92 Å². The van der Waals surface area contributed by atoms with Crippen molar-refractivity contribution in [2.24, 2.45) is 0 Å². The van der Waals surface area contributed by atoms with E-state index >= 15 is 0 Å². The van der Waals surface area contributed by atoms with Crippen LogP contribution in [0.25, 0.3) is 0 Å². The van der Waals surface area contributed by atoms with Crippen molar-refractivity contribution in [3.63, 3.8) is 0 Å². The Bertz CT molecular complexity index is 385. The van der Waals surface area contributed by atoms with Crippen molar-refractivity contribution in [1.82, 2.24) is 9.88 Å². The van der Waals surface area contributed by atoms with Gasteiger partial charge in [0.05, 0.1) is 11.4 Å². The molecule has 1 atom stereocenters. The van der Waals surface area contributed by atoms with Gasteiger partial charge in [-0.2, -0.15) is 0 Å². The van der Waals surface area contributed by atoms with Crippen molar-refractivity contribution in [3.8, 4) is 0 Å². The zero-order chi connectivity index (χ0) is 12.8. The summed E-state index contributed by atoms with van der Waals surface area (Å²) in [6.07, 6.45) is 1.63. The van der Waals surface area contributed by atoms with E-state index in [4.69, 9.17) is 4.74 Å². The number of rotatable bonds is 5. The summed E-state index contributed by atoms with van der Waals surface area (Å²) in [7, 11) is 3.40. The first-order valence-corrected chi connectivity index (χ1v) is 6.28. The molecule has 94 valence electrons. The molecule has 0 radical (unpaired) electrons. The standard InChI is InChI=1S/C12H17BrN2O2/c1-9-5-4-6-14-11(9)12(16)15(2)7-10(13)8-17-3/h4-6,10H,7-8H2,1-3H3. The summed E-state index contributed by atoms with van der Waals surface area (Å²) in [4.78, 5) is 18.0. The van der Waals surface area contributed by atoms with Gasteiger partial charge in [0.15, 0.2) is 0 Å². The van der Waals surface area contributed by atoms with Crippen molar-refractivity contribution in [2.75, 3.05) is 27.3 Å². The molecule has 0 aliphatic carbocycles. The number of aryl methyl sites for hydroxylation is 1. The number of ether oxygens (including phenoxy) is 1. The molecule has 0 N–H and O–H groups in total. The zero-order valence-electron chi connectivity index (χ0n) is 10.3. The summed E-state index contributed by atoms with van der Waals surface area (Å²) in [5.74, 6) is -0.0661. The Morgan fingerprint density at radius 1 is 1.65 bits per heavy atom. The van der Waals surface area contributed by atoms with Gasteiger partial charge in [0.25, 0.3) is 5.91 Å². The van der Waals surface area contributed by atoms with Gasteiger partial charge in [0, 0.05) is 26.9 Å². The lowest BCUT2D eigenvalue weighted by Crippen LogP contribution is -2.34. The Morgan fingerprint density at radius 2 is 2.35 bits per heavy atom. The maximum absolute atomic E-state index is 12.1. The molecule has 1 unspecified atom stereocenters. The van der Waals surface area contributed by atoms with E-state index in [1.54, 1.807) is 25.3 Å². The summed E-state index contributed by atoms with van der Waals surface area (Å²) < 4.78 is 5.01. The van der Waals surface area contributed by atoms with E-state index in [0.29, 0.717) is 18.8 Å². The van der Waals surface area contributed by atoms with E-state index in [0.717, 1.165) is 5.56 Å². The molecule has 0 aliphatic heterocycles. The van der Waals surface area contributed by atoms with Gasteiger partial charge in [-0.15, -0.1) is 0 Å². The summed E-state index contributed by atoms with van der Waals surface area (Å²) >= 11 is 3.46. The van der Waals surface area contributed by atoms with Crippen LogP contribution in [0.15, 0.2) is 18.3 Å². The third kappa shape index (κ3) is 4.09. The average molecular weight is 301 g/mol. The van der Waals surface area contributed by atoms with Gasteiger partial charge in [-0.1, -0.05) is 22.0 Å². The van der Waals surface area contributed by atoms with E-state index in [1.807, 2.05) is 19.1 Å². The van der Waals surface area contributed by atoms with Gasteiger partial charge in [-0.25, -0.2) is 0 Å². The predicted octanol–water partition coefficient (Wildman–Crippen LogP) is 1.87. The Labute approximate surface area is 110 Å². The number of nitrogens with zero attached hydrogens (tertiary/aromatic N) is 2. The summed E-state index contributed by atoms with van der Waals surface area (Å²) in [6.45, 7) is 3.04. The number of hydrogen-bond donors (Lipinski definition) is 0. The molecule has 1 rings (SSSR count). The predicted molar refractivity (Wildman–Crippen MR) is 70.5 cm³/mol. The number of carbonyl (C=O) groups is 1. The van der Waals surface area contributed by atoms with Gasteiger partial charge < -0.3 is 9.64 Å². The van der Waals surface area contributed by atoms with Crippen molar-refractivity contribution in [2.45, 2.75) is 11.8 Å². The van der Waals surface area contributed by atoms with Crippen LogP contribution in [0.5, 0.6) is 0 Å². The van der Waals surface area contributed by atoms with Crippen LogP contribution < -0.4 is 0 Å². The summed E-state index contributed by atoms with van der Waals surface area (Å²) in [5, 5.41) is 0. The Kier molecular flexibility index (Phi) is 5.58. The second-order valence-corrected chi connectivity index (χ2v) is 5.20. The highest BCUT2D eigenvalue weighted by Crippen LogP contribution is 2.09. The minimum absolute atomic E-state index is 0.0661. The zero-order valence-corrected chi connectivity index (χ0v) is 11.9. The fourth-order valence-corrected chi connectivity index (χ4v) is 2.20. The molecular formula is C12H17BrN2O2. The number of pyridine rings is 1. The smallest absolute Gasteiger partial charge is 0.272 e. The lowest BCUT2D eigenvalue weighted by Gasteiger charge is -2.20. The molecule has 4 nitrogen and oxygen atoms in total. The van der Waals surface area contributed by atoms with Crippen LogP contribution in [0.1, 0.15) is 16.1 Å². The Hall–Kier alpha value is -0.940. The molecule has 1 aromatic heterocycles. The molecule has 0 aliphatic rings. The number of hydrogen-bond acceptors (Lipinski definition) is 3. The Balaban J connectivity index is 2.67. The number of halogens is 1. The molecule has 5 heteroatoms. The van der Waals surface area contributed by atoms with Gasteiger partial charge in [-0.05, 0) is 18.6 Å². The maximum Gasteiger partial charge on any atom is 0.272 e. The molecule has 0 saturated carbocycles. The molecule has 0 saturated heterocycles. The fraction of sp³-hybridized carbons (Fsp3) is 0.500. The molecule has 0 spiro atoms. The molecule has 0 fully saturated rings. The molecular weight excluding hydrogens is 284 g/mol. The minimum atomic E-state index is -0.0661. The van der Waals surface area contributed by atoms with Crippen molar-refractivity contribution in [1.29, 1.82) is 0 Å². The number of amides is 1. The SMILES string of the molecule is COCC(Br)CN(C)C(=O)c1ncccc1C. The normalized spacial score (nSPS) is 12.2. The number of carbonyl (C=O) groups excluding carboxylic acids is 1. The Morgan fingerprint density at radius 3 is 2.94 bits per heavy atom. The van der Waals surface area contributed by atoms with Gasteiger partial charge >= 0.3 is 0 Å². The van der Waals surface area contributed by atoms with E-state index in [1.165, 1.54) is 0 Å². The lowest BCUT2D eigenvalue weighted by molar-refractivity contribution is 0.0777. The third-order valence-electron chi connectivity index (χ3n) is 2.38. The topological polar surface area (TPSA) is 42.4 Å². The van der Waals surface area contributed by atoms with E-state index in [2.05, 4.69) is 20.9 Å². The maximum atomic E-state index is 12.1. The van der Waals surface area contributed by atoms with Gasteiger partial charge in [0.1, 0.15) is 5.69 Å². The van der Waals surface area contributed by atoms with Crippen LogP contribution in [0.3, 0.4) is 0 Å². The second kappa shape index (κ2) is 6.71.